The lowest BCUT2D eigenvalue weighted by Crippen LogP contribution is -2.53. The fourth-order valence-electron chi connectivity index (χ4n) is 4.98. The SMILES string of the molecule is CCC(C(=O)NC1CCCCC1)N(CCc1ccccc1)C(=O)COc1cccc2ccccc12. The molecule has 1 atom stereocenters. The number of carbonyl (C=O) groups excluding carboxylic acids is 2. The van der Waals surface area contributed by atoms with Crippen LogP contribution in [-0.2, 0) is 16.0 Å². The quantitative estimate of drug-likeness (QED) is 0.423. The van der Waals surface area contributed by atoms with Crippen molar-refractivity contribution in [3.8, 4) is 5.75 Å². The van der Waals surface area contributed by atoms with Crippen LogP contribution in [0, 0.1) is 0 Å². The molecule has 0 aliphatic heterocycles. The lowest BCUT2D eigenvalue weighted by atomic mass is 9.95. The van der Waals surface area contributed by atoms with E-state index in [1.165, 1.54) is 6.42 Å². The van der Waals surface area contributed by atoms with Crippen molar-refractivity contribution in [2.45, 2.75) is 64.0 Å². The van der Waals surface area contributed by atoms with Crippen molar-refractivity contribution in [2.75, 3.05) is 13.2 Å². The minimum absolute atomic E-state index is 0.0500. The van der Waals surface area contributed by atoms with Gasteiger partial charge in [-0.2, -0.15) is 0 Å². The molecule has 1 fully saturated rings. The van der Waals surface area contributed by atoms with Crippen LogP contribution in [0.5, 0.6) is 5.75 Å². The van der Waals surface area contributed by atoms with Crippen LogP contribution in [0.15, 0.2) is 72.8 Å². The maximum atomic E-state index is 13.5. The first-order valence-electron chi connectivity index (χ1n) is 12.9. The number of nitrogens with zero attached hydrogens (tertiary/aromatic N) is 1. The van der Waals surface area contributed by atoms with E-state index in [4.69, 9.17) is 4.74 Å². The molecule has 3 aromatic rings. The number of ether oxygens (including phenoxy) is 1. The summed E-state index contributed by atoms with van der Waals surface area (Å²) in [5.41, 5.74) is 1.14. The summed E-state index contributed by atoms with van der Waals surface area (Å²) in [6, 6.07) is 23.6. The van der Waals surface area contributed by atoms with Crippen molar-refractivity contribution < 1.29 is 14.3 Å². The predicted octanol–water partition coefficient (Wildman–Crippen LogP) is 5.52. The first kappa shape index (κ1) is 24.8. The molecule has 1 aliphatic rings. The molecule has 5 heteroatoms. The molecule has 0 radical (unpaired) electrons. The minimum Gasteiger partial charge on any atom is -0.483 e. The Balaban J connectivity index is 1.48. The summed E-state index contributed by atoms with van der Waals surface area (Å²) >= 11 is 0. The summed E-state index contributed by atoms with van der Waals surface area (Å²) in [6.45, 7) is 2.34. The van der Waals surface area contributed by atoms with Gasteiger partial charge in [0.15, 0.2) is 6.61 Å². The number of rotatable bonds is 10. The maximum Gasteiger partial charge on any atom is 0.261 e. The standard InChI is InChI=1S/C30H36N2O3/c1-2-27(30(34)31-25-16-7-4-8-17-25)32(21-20-23-12-5-3-6-13-23)29(33)22-35-28-19-11-15-24-14-9-10-18-26(24)28/h3,5-6,9-15,18-19,25,27H,2,4,7-8,16-17,20-22H2,1H3,(H,31,34). The van der Waals surface area contributed by atoms with Crippen molar-refractivity contribution in [3.05, 3.63) is 78.4 Å². The molecule has 0 bridgehead atoms. The van der Waals surface area contributed by atoms with Gasteiger partial charge in [-0.05, 0) is 42.7 Å². The van der Waals surface area contributed by atoms with E-state index in [-0.39, 0.29) is 24.5 Å². The Morgan fingerprint density at radius 1 is 0.943 bits per heavy atom. The smallest absolute Gasteiger partial charge is 0.261 e. The molecule has 4 rings (SSSR count). The third-order valence-electron chi connectivity index (χ3n) is 6.92. The fourth-order valence-corrected chi connectivity index (χ4v) is 4.98. The van der Waals surface area contributed by atoms with Gasteiger partial charge in [-0.25, -0.2) is 0 Å². The van der Waals surface area contributed by atoms with Crippen LogP contribution < -0.4 is 10.1 Å². The van der Waals surface area contributed by atoms with Crippen LogP contribution >= 0.6 is 0 Å². The van der Waals surface area contributed by atoms with E-state index in [9.17, 15) is 9.59 Å². The van der Waals surface area contributed by atoms with E-state index in [1.807, 2.05) is 67.6 Å². The molecule has 3 aromatic carbocycles. The molecule has 1 unspecified atom stereocenters. The van der Waals surface area contributed by atoms with Gasteiger partial charge in [-0.1, -0.05) is 92.9 Å². The monoisotopic (exact) mass is 472 g/mol. The second-order valence-electron chi connectivity index (χ2n) is 9.36. The van der Waals surface area contributed by atoms with Gasteiger partial charge in [0.1, 0.15) is 11.8 Å². The zero-order chi connectivity index (χ0) is 24.5. The highest BCUT2D eigenvalue weighted by Crippen LogP contribution is 2.25. The third kappa shape index (κ3) is 6.62. The Kier molecular flexibility index (Phi) is 8.77. The van der Waals surface area contributed by atoms with Crippen LogP contribution in [0.2, 0.25) is 0 Å². The van der Waals surface area contributed by atoms with Crippen LogP contribution in [0.3, 0.4) is 0 Å². The van der Waals surface area contributed by atoms with E-state index in [0.29, 0.717) is 25.1 Å². The van der Waals surface area contributed by atoms with Crippen molar-refractivity contribution in [3.63, 3.8) is 0 Å². The Morgan fingerprint density at radius 2 is 1.66 bits per heavy atom. The largest absolute Gasteiger partial charge is 0.483 e. The second-order valence-corrected chi connectivity index (χ2v) is 9.36. The zero-order valence-corrected chi connectivity index (χ0v) is 20.6. The normalized spacial score (nSPS) is 14.9. The number of hydrogen-bond donors (Lipinski definition) is 1. The number of amides is 2. The second kappa shape index (κ2) is 12.4. The maximum absolute atomic E-state index is 13.5. The third-order valence-corrected chi connectivity index (χ3v) is 6.92. The highest BCUT2D eigenvalue weighted by atomic mass is 16.5. The molecule has 2 amide bonds. The Bertz CT molecular complexity index is 1100. The van der Waals surface area contributed by atoms with Crippen LogP contribution in [0.25, 0.3) is 10.8 Å². The molecule has 0 heterocycles. The average molecular weight is 473 g/mol. The van der Waals surface area contributed by atoms with Crippen molar-refractivity contribution in [1.82, 2.24) is 10.2 Å². The van der Waals surface area contributed by atoms with E-state index in [0.717, 1.165) is 42.0 Å². The van der Waals surface area contributed by atoms with E-state index in [2.05, 4.69) is 17.4 Å². The molecule has 1 N–H and O–H groups in total. The molecular formula is C30H36N2O3. The van der Waals surface area contributed by atoms with Crippen LogP contribution in [0.4, 0.5) is 0 Å². The summed E-state index contributed by atoms with van der Waals surface area (Å²) in [7, 11) is 0. The van der Waals surface area contributed by atoms with Gasteiger partial charge >= 0.3 is 0 Å². The molecule has 184 valence electrons. The molecule has 0 saturated heterocycles. The van der Waals surface area contributed by atoms with Gasteiger partial charge in [-0.15, -0.1) is 0 Å². The van der Waals surface area contributed by atoms with E-state index >= 15 is 0 Å². The average Bonchev–Trinajstić information content (AvgIpc) is 2.90. The highest BCUT2D eigenvalue weighted by molar-refractivity contribution is 5.90. The van der Waals surface area contributed by atoms with Gasteiger partial charge in [0.05, 0.1) is 0 Å². The van der Waals surface area contributed by atoms with Crippen LogP contribution in [0.1, 0.15) is 51.0 Å². The Hall–Kier alpha value is -3.34. The summed E-state index contributed by atoms with van der Waals surface area (Å²) in [6.07, 6.45) is 6.82. The Labute approximate surface area is 208 Å². The summed E-state index contributed by atoms with van der Waals surface area (Å²) in [4.78, 5) is 28.5. The Morgan fingerprint density at radius 3 is 2.43 bits per heavy atom. The topological polar surface area (TPSA) is 58.6 Å². The molecule has 1 saturated carbocycles. The first-order chi connectivity index (χ1) is 17.2. The van der Waals surface area contributed by atoms with Gasteiger partial charge in [0.2, 0.25) is 5.91 Å². The summed E-state index contributed by atoms with van der Waals surface area (Å²) < 4.78 is 6.02. The zero-order valence-electron chi connectivity index (χ0n) is 20.6. The first-order valence-corrected chi connectivity index (χ1v) is 12.9. The predicted molar refractivity (Wildman–Crippen MR) is 140 cm³/mol. The van der Waals surface area contributed by atoms with Crippen molar-refractivity contribution >= 4 is 22.6 Å². The van der Waals surface area contributed by atoms with Crippen molar-refractivity contribution in [2.24, 2.45) is 0 Å². The molecule has 5 nitrogen and oxygen atoms in total. The molecule has 0 spiro atoms. The van der Waals surface area contributed by atoms with Crippen LogP contribution in [-0.4, -0.2) is 41.9 Å². The van der Waals surface area contributed by atoms with Gasteiger partial charge in [0, 0.05) is 18.0 Å². The van der Waals surface area contributed by atoms with Gasteiger partial charge < -0.3 is 15.0 Å². The molecule has 1 aliphatic carbocycles. The number of nitrogens with one attached hydrogen (secondary N) is 1. The summed E-state index contributed by atoms with van der Waals surface area (Å²) in [5, 5.41) is 5.27. The molecule has 0 aromatic heterocycles. The number of benzene rings is 3. The van der Waals surface area contributed by atoms with E-state index < -0.39 is 6.04 Å². The molecule has 35 heavy (non-hydrogen) atoms. The van der Waals surface area contributed by atoms with Gasteiger partial charge in [-0.3, -0.25) is 9.59 Å². The number of carbonyl (C=O) groups is 2. The fraction of sp³-hybridized carbons (Fsp3) is 0.400. The van der Waals surface area contributed by atoms with Crippen molar-refractivity contribution in [1.29, 1.82) is 0 Å². The minimum atomic E-state index is -0.510. The lowest BCUT2D eigenvalue weighted by Gasteiger charge is -2.32. The lowest BCUT2D eigenvalue weighted by molar-refractivity contribution is -0.142. The van der Waals surface area contributed by atoms with Gasteiger partial charge in [0.25, 0.3) is 5.91 Å². The highest BCUT2D eigenvalue weighted by Gasteiger charge is 2.30. The number of fused-ring (bicyclic) bond motifs is 1. The molecular weight excluding hydrogens is 436 g/mol. The number of hydrogen-bond acceptors (Lipinski definition) is 3. The van der Waals surface area contributed by atoms with E-state index in [1.54, 1.807) is 4.90 Å². The summed E-state index contributed by atoms with van der Waals surface area (Å²) in [5.74, 6) is 0.463.